The Hall–Kier alpha value is -3.82. The molecule has 0 spiro atoms. The highest BCUT2D eigenvalue weighted by Crippen LogP contribution is 2.20. The first-order valence-corrected chi connectivity index (χ1v) is 11.3. The molecule has 0 bridgehead atoms. The quantitative estimate of drug-likeness (QED) is 0.397. The van der Waals surface area contributed by atoms with Crippen molar-refractivity contribution in [3.63, 3.8) is 0 Å². The number of aryl methyl sites for hydroxylation is 3. The van der Waals surface area contributed by atoms with Crippen LogP contribution in [0.2, 0.25) is 0 Å². The minimum atomic E-state index is -0.608. The predicted octanol–water partition coefficient (Wildman–Crippen LogP) is 3.45. The second kappa shape index (κ2) is 9.58. The van der Waals surface area contributed by atoms with E-state index >= 15 is 0 Å². The van der Waals surface area contributed by atoms with Crippen LogP contribution in [0.15, 0.2) is 33.9 Å². The Bertz CT molecular complexity index is 1500. The number of nitrogens with one attached hydrogen (secondary N) is 1. The van der Waals surface area contributed by atoms with Gasteiger partial charge in [-0.2, -0.15) is 0 Å². The summed E-state index contributed by atoms with van der Waals surface area (Å²) in [6.45, 7) is 6.33. The lowest BCUT2D eigenvalue weighted by Gasteiger charge is -2.10. The third kappa shape index (κ3) is 4.35. The van der Waals surface area contributed by atoms with Gasteiger partial charge in [-0.15, -0.1) is 0 Å². The van der Waals surface area contributed by atoms with Gasteiger partial charge >= 0.3 is 11.7 Å². The highest BCUT2D eigenvalue weighted by atomic mass is 19.1. The Morgan fingerprint density at radius 1 is 1.09 bits per heavy atom. The van der Waals surface area contributed by atoms with E-state index in [9.17, 15) is 18.8 Å². The van der Waals surface area contributed by atoms with Crippen LogP contribution in [0.3, 0.4) is 0 Å². The molecule has 0 saturated carbocycles. The molecule has 34 heavy (non-hydrogen) atoms. The Morgan fingerprint density at radius 2 is 1.88 bits per heavy atom. The number of esters is 1. The maximum atomic E-state index is 13.5. The van der Waals surface area contributed by atoms with Gasteiger partial charge in [0.05, 0.1) is 16.8 Å². The molecule has 9 nitrogen and oxygen atoms in total. The zero-order valence-corrected chi connectivity index (χ0v) is 19.4. The van der Waals surface area contributed by atoms with Crippen molar-refractivity contribution in [3.05, 3.63) is 68.0 Å². The number of aromatic nitrogens is 5. The molecule has 4 rings (SSSR count). The number of ether oxygens (including phenoxy) is 1. The zero-order chi connectivity index (χ0) is 24.4. The number of halogens is 1. The van der Waals surface area contributed by atoms with Crippen molar-refractivity contribution >= 4 is 28.0 Å². The second-order valence-corrected chi connectivity index (χ2v) is 8.15. The third-order valence-corrected chi connectivity index (χ3v) is 5.67. The van der Waals surface area contributed by atoms with E-state index in [1.54, 1.807) is 23.6 Å². The molecule has 4 aromatic rings. The largest absolute Gasteiger partial charge is 0.454 e. The van der Waals surface area contributed by atoms with Crippen molar-refractivity contribution in [2.45, 2.75) is 59.7 Å². The molecule has 0 unspecified atom stereocenters. The van der Waals surface area contributed by atoms with Gasteiger partial charge < -0.3 is 9.30 Å². The summed E-state index contributed by atoms with van der Waals surface area (Å²) in [5.74, 6) is -0.638. The number of carbonyl (C=O) groups excluding carboxylic acids is 1. The molecule has 0 aliphatic carbocycles. The lowest BCUT2D eigenvalue weighted by Crippen LogP contribution is -2.31. The van der Waals surface area contributed by atoms with Crippen molar-refractivity contribution in [1.82, 2.24) is 24.1 Å². The zero-order valence-electron chi connectivity index (χ0n) is 19.4. The monoisotopic (exact) mass is 467 g/mol. The maximum absolute atomic E-state index is 13.5. The standard InChI is InChI=1S/C24H26FN5O4/c1-4-6-10-30-21-20(22(31)28-24(30)33)29(9-5-2)19(27-21)13-34-23(32)17-11-15-7-8-16(25)12-18(15)26-14(17)3/h7-8,11-12H,4-6,9-10,13H2,1-3H3,(H,28,31,33). The van der Waals surface area contributed by atoms with Crippen molar-refractivity contribution in [3.8, 4) is 0 Å². The van der Waals surface area contributed by atoms with E-state index in [1.165, 1.54) is 16.7 Å². The molecule has 10 heteroatoms. The summed E-state index contributed by atoms with van der Waals surface area (Å²) in [4.78, 5) is 49.1. The molecule has 3 aromatic heterocycles. The summed E-state index contributed by atoms with van der Waals surface area (Å²) in [5.41, 5.74) is 0.660. The third-order valence-electron chi connectivity index (χ3n) is 5.67. The number of nitrogens with zero attached hydrogens (tertiary/aromatic N) is 4. The summed E-state index contributed by atoms with van der Waals surface area (Å²) >= 11 is 0. The maximum Gasteiger partial charge on any atom is 0.340 e. The molecular formula is C24H26FN5O4. The average Bonchev–Trinajstić information content (AvgIpc) is 3.15. The molecule has 178 valence electrons. The van der Waals surface area contributed by atoms with Crippen molar-refractivity contribution in [2.24, 2.45) is 0 Å². The number of fused-ring (bicyclic) bond motifs is 2. The van der Waals surface area contributed by atoms with E-state index in [4.69, 9.17) is 4.74 Å². The fourth-order valence-corrected chi connectivity index (χ4v) is 3.97. The summed E-state index contributed by atoms with van der Waals surface area (Å²) in [6, 6.07) is 5.77. The molecule has 0 aliphatic heterocycles. The van der Waals surface area contributed by atoms with E-state index in [0.717, 1.165) is 12.8 Å². The number of unbranched alkanes of at least 4 members (excludes halogenated alkanes) is 1. The summed E-state index contributed by atoms with van der Waals surface area (Å²) in [5, 5.41) is 0.614. The van der Waals surface area contributed by atoms with Crippen LogP contribution in [-0.4, -0.2) is 30.1 Å². The SMILES string of the molecule is CCCCn1c(=O)[nH]c(=O)c2c1nc(COC(=O)c1cc3ccc(F)cc3nc1C)n2CCC. The second-order valence-electron chi connectivity index (χ2n) is 8.15. The molecule has 0 fully saturated rings. The smallest absolute Gasteiger partial charge is 0.340 e. The van der Waals surface area contributed by atoms with Crippen LogP contribution in [0.1, 0.15) is 55.0 Å². The van der Waals surface area contributed by atoms with Gasteiger partial charge in [0.2, 0.25) is 0 Å². The molecule has 0 atom stereocenters. The summed E-state index contributed by atoms with van der Waals surface area (Å²) in [6.07, 6.45) is 2.34. The minimum absolute atomic E-state index is 0.185. The van der Waals surface area contributed by atoms with E-state index < -0.39 is 23.0 Å². The molecule has 0 amide bonds. The van der Waals surface area contributed by atoms with Gasteiger partial charge in [-0.05, 0) is 38.0 Å². The number of carbonyl (C=O) groups is 1. The van der Waals surface area contributed by atoms with Crippen LogP contribution in [0, 0.1) is 12.7 Å². The van der Waals surface area contributed by atoms with Crippen molar-refractivity contribution < 1.29 is 13.9 Å². The molecule has 0 aliphatic rings. The van der Waals surface area contributed by atoms with Crippen LogP contribution in [0.4, 0.5) is 4.39 Å². The highest BCUT2D eigenvalue weighted by Gasteiger charge is 2.20. The first-order chi connectivity index (χ1) is 16.3. The Kier molecular flexibility index (Phi) is 6.58. The van der Waals surface area contributed by atoms with Gasteiger partial charge in [0, 0.05) is 24.5 Å². The Labute approximate surface area is 194 Å². The summed E-state index contributed by atoms with van der Waals surface area (Å²) in [7, 11) is 0. The average molecular weight is 468 g/mol. The lowest BCUT2D eigenvalue weighted by molar-refractivity contribution is 0.0457. The van der Waals surface area contributed by atoms with Gasteiger partial charge in [0.25, 0.3) is 5.56 Å². The van der Waals surface area contributed by atoms with Crippen molar-refractivity contribution in [2.75, 3.05) is 0 Å². The van der Waals surface area contributed by atoms with Crippen LogP contribution >= 0.6 is 0 Å². The number of hydrogen-bond donors (Lipinski definition) is 1. The summed E-state index contributed by atoms with van der Waals surface area (Å²) < 4.78 is 22.2. The van der Waals surface area contributed by atoms with Crippen LogP contribution in [-0.2, 0) is 24.4 Å². The fraction of sp³-hybridized carbons (Fsp3) is 0.375. The van der Waals surface area contributed by atoms with Gasteiger partial charge in [-0.3, -0.25) is 19.3 Å². The number of H-pyrrole nitrogens is 1. The van der Waals surface area contributed by atoms with E-state index in [-0.39, 0.29) is 23.3 Å². The van der Waals surface area contributed by atoms with Crippen molar-refractivity contribution in [1.29, 1.82) is 0 Å². The molecular weight excluding hydrogens is 441 g/mol. The van der Waals surface area contributed by atoms with Gasteiger partial charge in [-0.25, -0.2) is 19.0 Å². The van der Waals surface area contributed by atoms with Gasteiger partial charge in [0.15, 0.2) is 11.2 Å². The van der Waals surface area contributed by atoms with E-state index in [2.05, 4.69) is 15.0 Å². The lowest BCUT2D eigenvalue weighted by atomic mass is 10.1. The normalized spacial score (nSPS) is 11.4. The minimum Gasteiger partial charge on any atom is -0.454 e. The Balaban J connectivity index is 1.69. The number of pyridine rings is 1. The topological polar surface area (TPSA) is 112 Å². The number of hydrogen-bond acceptors (Lipinski definition) is 6. The predicted molar refractivity (Wildman–Crippen MR) is 125 cm³/mol. The molecule has 3 heterocycles. The van der Waals surface area contributed by atoms with Gasteiger partial charge in [-0.1, -0.05) is 20.3 Å². The van der Waals surface area contributed by atoms with Crippen LogP contribution < -0.4 is 11.2 Å². The van der Waals surface area contributed by atoms with E-state index in [1.807, 2.05) is 13.8 Å². The molecule has 1 aromatic carbocycles. The van der Waals surface area contributed by atoms with Gasteiger partial charge in [0.1, 0.15) is 18.2 Å². The highest BCUT2D eigenvalue weighted by molar-refractivity contribution is 5.95. The fourth-order valence-electron chi connectivity index (χ4n) is 3.97. The number of rotatable bonds is 8. The molecule has 0 saturated heterocycles. The Morgan fingerprint density at radius 3 is 2.62 bits per heavy atom. The van der Waals surface area contributed by atoms with Crippen LogP contribution in [0.25, 0.3) is 22.1 Å². The van der Waals surface area contributed by atoms with Crippen LogP contribution in [0.5, 0.6) is 0 Å². The number of aromatic amines is 1. The first kappa shape index (κ1) is 23.3. The number of imidazole rings is 1. The van der Waals surface area contributed by atoms with E-state index in [0.29, 0.717) is 41.9 Å². The number of benzene rings is 1. The first-order valence-electron chi connectivity index (χ1n) is 11.3. The molecule has 1 N–H and O–H groups in total. The molecule has 0 radical (unpaired) electrons.